The van der Waals surface area contributed by atoms with Crippen LogP contribution in [0.25, 0.3) is 0 Å². The van der Waals surface area contributed by atoms with Gasteiger partial charge in [0.2, 0.25) is 5.91 Å². The minimum Gasteiger partial charge on any atom is -0.491 e. The Kier molecular flexibility index (Phi) is 8.06. The molecule has 1 unspecified atom stereocenters. The maximum Gasteiger partial charge on any atom is 0.240 e. The van der Waals surface area contributed by atoms with Gasteiger partial charge in [0.05, 0.1) is 30.4 Å². The zero-order valence-corrected chi connectivity index (χ0v) is 18.9. The number of benzene rings is 2. The van der Waals surface area contributed by atoms with E-state index in [-0.39, 0.29) is 16.6 Å². The number of aryl methyl sites for hydroxylation is 1. The number of hydrogen-bond acceptors (Lipinski definition) is 6. The minimum atomic E-state index is -3.62. The number of nitrogens with zero attached hydrogens (tertiary/aromatic N) is 2. The molecule has 1 aliphatic heterocycles. The van der Waals surface area contributed by atoms with Crippen molar-refractivity contribution in [1.29, 1.82) is 0 Å². The van der Waals surface area contributed by atoms with Gasteiger partial charge in [0.25, 0.3) is 0 Å². The lowest BCUT2D eigenvalue weighted by molar-refractivity contribution is -0.136. The fourth-order valence-electron chi connectivity index (χ4n) is 3.53. The van der Waals surface area contributed by atoms with E-state index in [1.54, 1.807) is 42.3 Å². The van der Waals surface area contributed by atoms with Crippen molar-refractivity contribution in [2.45, 2.75) is 17.9 Å². The van der Waals surface area contributed by atoms with Gasteiger partial charge in [-0.05, 0) is 30.7 Å². The van der Waals surface area contributed by atoms with Crippen LogP contribution in [0.5, 0.6) is 5.75 Å². The zero-order valence-electron chi connectivity index (χ0n) is 18.1. The molecule has 1 fully saturated rings. The molecule has 0 spiro atoms. The molecular formula is C23H30N2O5S. The van der Waals surface area contributed by atoms with Gasteiger partial charge in [-0.25, -0.2) is 8.42 Å². The summed E-state index contributed by atoms with van der Waals surface area (Å²) in [7, 11) is -1.93. The molecule has 8 heteroatoms. The van der Waals surface area contributed by atoms with Crippen molar-refractivity contribution in [2.75, 3.05) is 52.3 Å². The molecule has 0 aliphatic carbocycles. The number of likely N-dealkylation sites (N-methyl/N-ethyl adjacent to an activating group) is 1. The first kappa shape index (κ1) is 23.2. The van der Waals surface area contributed by atoms with Gasteiger partial charge in [0.15, 0.2) is 9.84 Å². The van der Waals surface area contributed by atoms with Crippen molar-refractivity contribution in [3.8, 4) is 5.75 Å². The van der Waals surface area contributed by atoms with E-state index in [4.69, 9.17) is 9.47 Å². The predicted molar refractivity (Wildman–Crippen MR) is 119 cm³/mol. The van der Waals surface area contributed by atoms with Crippen LogP contribution in [0.15, 0.2) is 59.5 Å². The summed E-state index contributed by atoms with van der Waals surface area (Å²) in [6.45, 7) is 4.66. The molecule has 2 aromatic rings. The van der Waals surface area contributed by atoms with Gasteiger partial charge in [-0.1, -0.05) is 36.4 Å². The Morgan fingerprint density at radius 1 is 1.10 bits per heavy atom. The lowest BCUT2D eigenvalue weighted by atomic mass is 10.2. The largest absolute Gasteiger partial charge is 0.491 e. The van der Waals surface area contributed by atoms with Gasteiger partial charge >= 0.3 is 0 Å². The van der Waals surface area contributed by atoms with Crippen molar-refractivity contribution in [1.82, 2.24) is 9.80 Å². The van der Waals surface area contributed by atoms with Crippen LogP contribution < -0.4 is 4.74 Å². The normalized spacial score (nSPS) is 15.9. The second-order valence-electron chi connectivity index (χ2n) is 7.63. The van der Waals surface area contributed by atoms with Crippen molar-refractivity contribution in [3.63, 3.8) is 0 Å². The fourth-order valence-corrected chi connectivity index (χ4v) is 5.06. The van der Waals surface area contributed by atoms with Crippen molar-refractivity contribution in [2.24, 2.45) is 0 Å². The van der Waals surface area contributed by atoms with Gasteiger partial charge in [-0.15, -0.1) is 0 Å². The summed E-state index contributed by atoms with van der Waals surface area (Å²) in [6.07, 6.45) is 0. The number of rotatable bonds is 9. The average molecular weight is 447 g/mol. The van der Waals surface area contributed by atoms with Gasteiger partial charge < -0.3 is 14.4 Å². The molecule has 168 valence electrons. The number of morpholine rings is 1. The van der Waals surface area contributed by atoms with Crippen LogP contribution in [0.4, 0.5) is 0 Å². The highest BCUT2D eigenvalue weighted by molar-refractivity contribution is 7.91. The number of para-hydroxylation sites is 1. The third-order valence-corrected chi connectivity index (χ3v) is 7.15. The molecule has 1 saturated heterocycles. The molecule has 0 N–H and O–H groups in total. The Hall–Kier alpha value is -2.42. The highest BCUT2D eigenvalue weighted by Gasteiger charge is 2.34. The summed E-state index contributed by atoms with van der Waals surface area (Å²) in [5.41, 5.74) is 1.02. The molecule has 31 heavy (non-hydrogen) atoms. The van der Waals surface area contributed by atoms with E-state index in [1.165, 1.54) is 0 Å². The number of carbonyl (C=O) groups is 1. The summed E-state index contributed by atoms with van der Waals surface area (Å²) in [6, 6.07) is 15.2. The zero-order chi connectivity index (χ0) is 22.3. The third kappa shape index (κ3) is 6.29. The number of amides is 1. The Balaban J connectivity index is 1.69. The van der Waals surface area contributed by atoms with E-state index in [9.17, 15) is 13.2 Å². The van der Waals surface area contributed by atoms with Gasteiger partial charge in [0, 0.05) is 20.1 Å². The summed E-state index contributed by atoms with van der Waals surface area (Å²) in [4.78, 5) is 17.0. The van der Waals surface area contributed by atoms with E-state index in [1.807, 2.05) is 36.1 Å². The third-order valence-electron chi connectivity index (χ3n) is 5.41. The van der Waals surface area contributed by atoms with Crippen molar-refractivity contribution < 1.29 is 22.7 Å². The highest BCUT2D eigenvalue weighted by atomic mass is 32.2. The molecule has 2 aromatic carbocycles. The number of hydrogen-bond donors (Lipinski definition) is 0. The predicted octanol–water partition coefficient (Wildman–Crippen LogP) is 2.01. The standard InChI is InChI=1S/C23H30N2O5S/c1-19-8-6-7-11-22(19)30-17-12-24(2)23(26)21(25-13-15-29-16-14-25)18-31(27,28)20-9-4-3-5-10-20/h3-11,21H,12-18H2,1-2H3. The molecular weight excluding hydrogens is 416 g/mol. The topological polar surface area (TPSA) is 76.2 Å². The van der Waals surface area contributed by atoms with E-state index in [0.29, 0.717) is 39.5 Å². The molecule has 1 heterocycles. The van der Waals surface area contributed by atoms with Crippen LogP contribution in [0.2, 0.25) is 0 Å². The number of ether oxygens (including phenoxy) is 2. The monoisotopic (exact) mass is 446 g/mol. The molecule has 0 radical (unpaired) electrons. The van der Waals surface area contributed by atoms with E-state index in [0.717, 1.165) is 11.3 Å². The minimum absolute atomic E-state index is 0.227. The van der Waals surface area contributed by atoms with Crippen LogP contribution in [-0.4, -0.2) is 82.4 Å². The molecule has 0 saturated carbocycles. The van der Waals surface area contributed by atoms with E-state index < -0.39 is 15.9 Å². The molecule has 7 nitrogen and oxygen atoms in total. The second-order valence-corrected chi connectivity index (χ2v) is 9.67. The Morgan fingerprint density at radius 3 is 2.42 bits per heavy atom. The van der Waals surface area contributed by atoms with Gasteiger partial charge in [0.1, 0.15) is 18.4 Å². The maximum atomic E-state index is 13.3. The molecule has 1 amide bonds. The fraction of sp³-hybridized carbons (Fsp3) is 0.435. The van der Waals surface area contributed by atoms with E-state index >= 15 is 0 Å². The summed E-state index contributed by atoms with van der Waals surface area (Å²) in [5, 5.41) is 0. The maximum absolute atomic E-state index is 13.3. The highest BCUT2D eigenvalue weighted by Crippen LogP contribution is 2.18. The molecule has 1 atom stereocenters. The molecule has 3 rings (SSSR count). The lowest BCUT2D eigenvalue weighted by Gasteiger charge is -2.35. The first-order valence-electron chi connectivity index (χ1n) is 10.4. The number of carbonyl (C=O) groups excluding carboxylic acids is 1. The van der Waals surface area contributed by atoms with Gasteiger partial charge in [-0.2, -0.15) is 0 Å². The van der Waals surface area contributed by atoms with Crippen LogP contribution in [0, 0.1) is 6.92 Å². The molecule has 0 aromatic heterocycles. The Bertz CT molecular complexity index is 959. The molecule has 1 aliphatic rings. The van der Waals surface area contributed by atoms with Gasteiger partial charge in [-0.3, -0.25) is 9.69 Å². The Morgan fingerprint density at radius 2 is 1.74 bits per heavy atom. The van der Waals surface area contributed by atoms with E-state index in [2.05, 4.69) is 0 Å². The van der Waals surface area contributed by atoms with Crippen LogP contribution >= 0.6 is 0 Å². The van der Waals surface area contributed by atoms with Crippen molar-refractivity contribution in [3.05, 3.63) is 60.2 Å². The quantitative estimate of drug-likeness (QED) is 0.587. The summed E-state index contributed by atoms with van der Waals surface area (Å²) in [5.74, 6) is 0.285. The van der Waals surface area contributed by atoms with Crippen LogP contribution in [-0.2, 0) is 19.4 Å². The first-order chi connectivity index (χ1) is 14.9. The summed E-state index contributed by atoms with van der Waals surface area (Å²) >= 11 is 0. The Labute approximate surface area is 184 Å². The summed E-state index contributed by atoms with van der Waals surface area (Å²) < 4.78 is 37.2. The number of sulfone groups is 1. The molecule has 0 bridgehead atoms. The SMILES string of the molecule is Cc1ccccc1OCCN(C)C(=O)C(CS(=O)(=O)c1ccccc1)N1CCOCC1. The average Bonchev–Trinajstić information content (AvgIpc) is 2.79. The van der Waals surface area contributed by atoms with Crippen LogP contribution in [0.3, 0.4) is 0 Å². The van der Waals surface area contributed by atoms with Crippen molar-refractivity contribution >= 4 is 15.7 Å². The second kappa shape index (κ2) is 10.7. The van der Waals surface area contributed by atoms with Crippen LogP contribution in [0.1, 0.15) is 5.56 Å². The smallest absolute Gasteiger partial charge is 0.240 e. The lowest BCUT2D eigenvalue weighted by Crippen LogP contribution is -2.54. The first-order valence-corrected chi connectivity index (χ1v) is 12.1.